The Bertz CT molecular complexity index is 641. The molecule has 3 amide bonds. The number of hydrogen-bond donors (Lipinski definition) is 2. The Hall–Kier alpha value is -1.67. The molecule has 0 radical (unpaired) electrons. The number of aromatic nitrogens is 2. The van der Waals surface area contributed by atoms with E-state index in [1.807, 2.05) is 25.3 Å². The Morgan fingerprint density at radius 1 is 1.40 bits per heavy atom. The van der Waals surface area contributed by atoms with Gasteiger partial charge in [-0.1, -0.05) is 25.6 Å². The number of carbonyl (C=O) groups is 2. The van der Waals surface area contributed by atoms with E-state index in [1.54, 1.807) is 0 Å². The van der Waals surface area contributed by atoms with Gasteiger partial charge < -0.3 is 5.73 Å². The van der Waals surface area contributed by atoms with E-state index in [2.05, 4.69) is 15.3 Å². The number of hydrogen-bond acceptors (Lipinski definition) is 6. The standard InChI is InChI=1S/C12H14N4O2S2/c1-6(2)8(10(17)16-12(13)18)20-11-9-7(3-4-19-9)14-5-15-11/h3-6,8H,1-2H3,(H3,13,16,17,18). The molecular weight excluding hydrogens is 296 g/mol. The zero-order chi connectivity index (χ0) is 14.7. The summed E-state index contributed by atoms with van der Waals surface area (Å²) in [5, 5.41) is 4.35. The Morgan fingerprint density at radius 3 is 2.80 bits per heavy atom. The lowest BCUT2D eigenvalue weighted by atomic mass is 10.1. The zero-order valence-electron chi connectivity index (χ0n) is 11.0. The number of amides is 3. The van der Waals surface area contributed by atoms with E-state index in [9.17, 15) is 9.59 Å². The van der Waals surface area contributed by atoms with Gasteiger partial charge in [-0.05, 0) is 17.4 Å². The van der Waals surface area contributed by atoms with Crippen molar-refractivity contribution < 1.29 is 9.59 Å². The van der Waals surface area contributed by atoms with Crippen LogP contribution in [0.2, 0.25) is 0 Å². The highest BCUT2D eigenvalue weighted by Gasteiger charge is 2.26. The van der Waals surface area contributed by atoms with Crippen molar-refractivity contribution in [3.8, 4) is 0 Å². The first-order valence-corrected chi connectivity index (χ1v) is 7.70. The molecule has 3 N–H and O–H groups in total. The van der Waals surface area contributed by atoms with Gasteiger partial charge in [0.1, 0.15) is 11.4 Å². The third-order valence-corrected chi connectivity index (χ3v) is 5.14. The number of imide groups is 1. The minimum Gasteiger partial charge on any atom is -0.351 e. The number of thiophene rings is 1. The summed E-state index contributed by atoms with van der Waals surface area (Å²) in [4.78, 5) is 31.2. The molecule has 0 bridgehead atoms. The predicted molar refractivity (Wildman–Crippen MR) is 79.6 cm³/mol. The summed E-state index contributed by atoms with van der Waals surface area (Å²) >= 11 is 2.84. The number of thioether (sulfide) groups is 1. The van der Waals surface area contributed by atoms with Gasteiger partial charge in [0, 0.05) is 0 Å². The molecule has 2 heterocycles. The average Bonchev–Trinajstić information content (AvgIpc) is 2.83. The molecule has 0 saturated carbocycles. The summed E-state index contributed by atoms with van der Waals surface area (Å²) < 4.78 is 0.940. The fourth-order valence-electron chi connectivity index (χ4n) is 1.66. The quantitative estimate of drug-likeness (QED) is 0.665. The zero-order valence-corrected chi connectivity index (χ0v) is 12.6. The number of urea groups is 1. The van der Waals surface area contributed by atoms with Gasteiger partial charge in [-0.25, -0.2) is 14.8 Å². The van der Waals surface area contributed by atoms with Crippen LogP contribution >= 0.6 is 23.1 Å². The highest BCUT2D eigenvalue weighted by atomic mass is 32.2. The molecule has 6 nitrogen and oxygen atoms in total. The van der Waals surface area contributed by atoms with E-state index in [0.717, 1.165) is 15.2 Å². The maximum absolute atomic E-state index is 12.0. The summed E-state index contributed by atoms with van der Waals surface area (Å²) in [7, 11) is 0. The second-order valence-corrected chi connectivity index (χ2v) is 6.50. The molecule has 2 aromatic heterocycles. The number of primary amides is 1. The van der Waals surface area contributed by atoms with Crippen LogP contribution in [0.3, 0.4) is 0 Å². The van der Waals surface area contributed by atoms with E-state index >= 15 is 0 Å². The highest BCUT2D eigenvalue weighted by Crippen LogP contribution is 2.33. The molecule has 2 aromatic rings. The second kappa shape index (κ2) is 6.19. The Morgan fingerprint density at radius 2 is 2.15 bits per heavy atom. The molecule has 20 heavy (non-hydrogen) atoms. The van der Waals surface area contributed by atoms with Gasteiger partial charge in [-0.2, -0.15) is 0 Å². The van der Waals surface area contributed by atoms with Crippen molar-refractivity contribution in [3.63, 3.8) is 0 Å². The third-order valence-electron chi connectivity index (χ3n) is 2.56. The van der Waals surface area contributed by atoms with Crippen molar-refractivity contribution in [1.29, 1.82) is 0 Å². The van der Waals surface area contributed by atoms with Gasteiger partial charge in [0.15, 0.2) is 0 Å². The molecular formula is C12H14N4O2S2. The number of nitrogens with one attached hydrogen (secondary N) is 1. The van der Waals surface area contributed by atoms with Crippen LogP contribution < -0.4 is 11.1 Å². The summed E-state index contributed by atoms with van der Waals surface area (Å²) in [5.74, 6) is -0.370. The van der Waals surface area contributed by atoms with E-state index in [0.29, 0.717) is 0 Å². The minimum absolute atomic E-state index is 0.0318. The topological polar surface area (TPSA) is 98.0 Å². The maximum atomic E-state index is 12.0. The van der Waals surface area contributed by atoms with Crippen LogP contribution in [0, 0.1) is 5.92 Å². The molecule has 0 saturated heterocycles. The van der Waals surface area contributed by atoms with Crippen LogP contribution in [0.25, 0.3) is 10.2 Å². The molecule has 1 atom stereocenters. The second-order valence-electron chi connectivity index (χ2n) is 4.45. The number of nitrogens with zero attached hydrogens (tertiary/aromatic N) is 2. The summed E-state index contributed by atoms with van der Waals surface area (Å²) in [6.45, 7) is 3.82. The number of rotatable bonds is 4. The number of fused-ring (bicyclic) bond motifs is 1. The van der Waals surface area contributed by atoms with E-state index in [1.165, 1.54) is 29.4 Å². The molecule has 0 fully saturated rings. The lowest BCUT2D eigenvalue weighted by Crippen LogP contribution is -2.42. The van der Waals surface area contributed by atoms with Crippen LogP contribution in [0.4, 0.5) is 4.79 Å². The van der Waals surface area contributed by atoms with Crippen molar-refractivity contribution in [2.75, 3.05) is 0 Å². The van der Waals surface area contributed by atoms with Gasteiger partial charge in [0.2, 0.25) is 5.91 Å². The van der Waals surface area contributed by atoms with Gasteiger partial charge in [-0.3, -0.25) is 10.1 Å². The highest BCUT2D eigenvalue weighted by molar-refractivity contribution is 8.00. The summed E-state index contributed by atoms with van der Waals surface area (Å²) in [6, 6.07) is 1.06. The van der Waals surface area contributed by atoms with Crippen LogP contribution in [0.1, 0.15) is 13.8 Å². The number of carbonyl (C=O) groups excluding carboxylic acids is 2. The van der Waals surface area contributed by atoms with Crippen molar-refractivity contribution >= 4 is 45.3 Å². The Balaban J connectivity index is 2.26. The van der Waals surface area contributed by atoms with Crippen molar-refractivity contribution in [2.24, 2.45) is 11.7 Å². The summed E-state index contributed by atoms with van der Waals surface area (Å²) in [5.41, 5.74) is 5.85. The molecule has 0 spiro atoms. The SMILES string of the molecule is CC(C)C(Sc1ncnc2ccsc12)C(=O)NC(N)=O. The molecule has 0 aliphatic rings. The molecule has 2 rings (SSSR count). The van der Waals surface area contributed by atoms with Crippen LogP contribution in [-0.2, 0) is 4.79 Å². The third kappa shape index (κ3) is 3.26. The first-order chi connectivity index (χ1) is 9.49. The van der Waals surface area contributed by atoms with Gasteiger partial charge in [0.25, 0.3) is 0 Å². The lowest BCUT2D eigenvalue weighted by molar-refractivity contribution is -0.120. The van der Waals surface area contributed by atoms with E-state index < -0.39 is 17.2 Å². The summed E-state index contributed by atoms with van der Waals surface area (Å²) in [6.07, 6.45) is 1.47. The van der Waals surface area contributed by atoms with Crippen molar-refractivity contribution in [2.45, 2.75) is 24.1 Å². The monoisotopic (exact) mass is 310 g/mol. The molecule has 0 aliphatic heterocycles. The van der Waals surface area contributed by atoms with Crippen molar-refractivity contribution in [3.05, 3.63) is 17.8 Å². The number of nitrogens with two attached hydrogens (primary N) is 1. The lowest BCUT2D eigenvalue weighted by Gasteiger charge is -2.18. The predicted octanol–water partition coefficient (Wildman–Crippen LogP) is 2.00. The van der Waals surface area contributed by atoms with E-state index in [4.69, 9.17) is 5.73 Å². The fraction of sp³-hybridized carbons (Fsp3) is 0.333. The molecule has 106 valence electrons. The molecule has 1 unspecified atom stereocenters. The van der Waals surface area contributed by atoms with Crippen molar-refractivity contribution in [1.82, 2.24) is 15.3 Å². The van der Waals surface area contributed by atoms with Crippen LogP contribution in [0.5, 0.6) is 0 Å². The Labute approximate surface area is 124 Å². The fourth-order valence-corrected chi connectivity index (χ4v) is 3.67. The largest absolute Gasteiger partial charge is 0.351 e. The first-order valence-electron chi connectivity index (χ1n) is 5.94. The molecule has 8 heteroatoms. The average molecular weight is 310 g/mol. The normalized spacial score (nSPS) is 12.6. The first kappa shape index (κ1) is 14.7. The molecule has 0 aliphatic carbocycles. The molecule has 0 aromatic carbocycles. The minimum atomic E-state index is -0.842. The smallest absolute Gasteiger partial charge is 0.318 e. The van der Waals surface area contributed by atoms with Crippen LogP contribution in [0.15, 0.2) is 22.8 Å². The van der Waals surface area contributed by atoms with Gasteiger partial charge in [0.05, 0.1) is 15.5 Å². The van der Waals surface area contributed by atoms with E-state index in [-0.39, 0.29) is 5.92 Å². The maximum Gasteiger partial charge on any atom is 0.318 e. The van der Waals surface area contributed by atoms with Crippen LogP contribution in [-0.4, -0.2) is 27.2 Å². The van der Waals surface area contributed by atoms with Gasteiger partial charge >= 0.3 is 6.03 Å². The Kier molecular flexibility index (Phi) is 4.56. The van der Waals surface area contributed by atoms with Gasteiger partial charge in [-0.15, -0.1) is 11.3 Å².